The molecule has 0 aliphatic carbocycles. The Bertz CT molecular complexity index is 979. The SMILES string of the molecule is COc1ccc(C(=O)NCc2ccc(F)cc2)cc1COc1cc(C)cc(C)c1. The van der Waals surface area contributed by atoms with E-state index in [1.165, 1.54) is 12.1 Å². The largest absolute Gasteiger partial charge is 0.496 e. The number of carbonyl (C=O) groups is 1. The second-order valence-corrected chi connectivity index (χ2v) is 6.95. The van der Waals surface area contributed by atoms with Crippen LogP contribution in [-0.2, 0) is 13.2 Å². The van der Waals surface area contributed by atoms with Crippen LogP contribution in [-0.4, -0.2) is 13.0 Å². The van der Waals surface area contributed by atoms with Crippen molar-refractivity contribution in [3.63, 3.8) is 0 Å². The molecule has 0 bridgehead atoms. The second kappa shape index (κ2) is 9.24. The Hall–Kier alpha value is -3.34. The predicted octanol–water partition coefficient (Wildman–Crippen LogP) is 4.96. The van der Waals surface area contributed by atoms with E-state index in [-0.39, 0.29) is 18.3 Å². The van der Waals surface area contributed by atoms with Crippen LogP contribution in [0.4, 0.5) is 4.39 Å². The van der Waals surface area contributed by atoms with Crippen LogP contribution < -0.4 is 14.8 Å². The predicted molar refractivity (Wildman–Crippen MR) is 111 cm³/mol. The lowest BCUT2D eigenvalue weighted by molar-refractivity contribution is 0.0950. The van der Waals surface area contributed by atoms with Gasteiger partial charge in [0, 0.05) is 17.7 Å². The number of aryl methyl sites for hydroxylation is 2. The van der Waals surface area contributed by atoms with Crippen molar-refractivity contribution in [1.29, 1.82) is 0 Å². The highest BCUT2D eigenvalue weighted by molar-refractivity contribution is 5.94. The lowest BCUT2D eigenvalue weighted by Crippen LogP contribution is -2.23. The Balaban J connectivity index is 1.70. The van der Waals surface area contributed by atoms with E-state index in [4.69, 9.17) is 9.47 Å². The first-order valence-corrected chi connectivity index (χ1v) is 9.35. The van der Waals surface area contributed by atoms with Crippen molar-refractivity contribution in [3.05, 3.63) is 94.3 Å². The molecule has 0 radical (unpaired) electrons. The molecule has 0 heterocycles. The lowest BCUT2D eigenvalue weighted by atomic mass is 10.1. The molecule has 0 unspecified atom stereocenters. The van der Waals surface area contributed by atoms with Crippen LogP contribution in [0.5, 0.6) is 11.5 Å². The highest BCUT2D eigenvalue weighted by Gasteiger charge is 2.11. The zero-order valence-electron chi connectivity index (χ0n) is 16.8. The number of nitrogens with one attached hydrogen (secondary N) is 1. The maximum absolute atomic E-state index is 13.0. The fourth-order valence-electron chi connectivity index (χ4n) is 3.10. The molecule has 0 aliphatic heterocycles. The molecule has 3 aromatic rings. The number of rotatable bonds is 7. The molecule has 1 amide bonds. The van der Waals surface area contributed by atoms with Gasteiger partial charge in [0.05, 0.1) is 7.11 Å². The minimum Gasteiger partial charge on any atom is -0.496 e. The summed E-state index contributed by atoms with van der Waals surface area (Å²) in [5, 5.41) is 2.85. The van der Waals surface area contributed by atoms with Crippen LogP contribution in [0.15, 0.2) is 60.7 Å². The molecule has 29 heavy (non-hydrogen) atoms. The molecule has 0 aliphatic rings. The quantitative estimate of drug-likeness (QED) is 0.617. The zero-order chi connectivity index (χ0) is 20.8. The number of benzene rings is 3. The van der Waals surface area contributed by atoms with Crippen LogP contribution in [0.3, 0.4) is 0 Å². The maximum Gasteiger partial charge on any atom is 0.251 e. The minimum absolute atomic E-state index is 0.218. The summed E-state index contributed by atoms with van der Waals surface area (Å²) < 4.78 is 24.3. The summed E-state index contributed by atoms with van der Waals surface area (Å²) in [4.78, 5) is 12.5. The normalized spacial score (nSPS) is 10.5. The average molecular weight is 393 g/mol. The van der Waals surface area contributed by atoms with Crippen LogP contribution >= 0.6 is 0 Å². The van der Waals surface area contributed by atoms with Crippen molar-refractivity contribution < 1.29 is 18.7 Å². The third kappa shape index (κ3) is 5.57. The summed E-state index contributed by atoms with van der Waals surface area (Å²) in [6, 6.07) is 17.3. The van der Waals surface area contributed by atoms with E-state index < -0.39 is 0 Å². The zero-order valence-corrected chi connectivity index (χ0v) is 16.8. The third-order valence-electron chi connectivity index (χ3n) is 4.50. The van der Waals surface area contributed by atoms with E-state index in [9.17, 15) is 9.18 Å². The molecule has 0 atom stereocenters. The Morgan fingerprint density at radius 2 is 1.66 bits per heavy atom. The lowest BCUT2D eigenvalue weighted by Gasteiger charge is -2.13. The number of methoxy groups -OCH3 is 1. The molecule has 3 rings (SSSR count). The van der Waals surface area contributed by atoms with Gasteiger partial charge in [-0.15, -0.1) is 0 Å². The Morgan fingerprint density at radius 1 is 0.966 bits per heavy atom. The van der Waals surface area contributed by atoms with Crippen LogP contribution in [0.25, 0.3) is 0 Å². The molecular formula is C24H24FNO3. The summed E-state index contributed by atoms with van der Waals surface area (Å²) in [5.41, 5.74) is 4.36. The van der Waals surface area contributed by atoms with Gasteiger partial charge >= 0.3 is 0 Å². The molecular weight excluding hydrogens is 369 g/mol. The summed E-state index contributed by atoms with van der Waals surface area (Å²) >= 11 is 0. The first-order valence-electron chi connectivity index (χ1n) is 9.35. The van der Waals surface area contributed by atoms with Crippen molar-refractivity contribution in [2.75, 3.05) is 7.11 Å². The van der Waals surface area contributed by atoms with Gasteiger partial charge in [0.15, 0.2) is 0 Å². The standard InChI is InChI=1S/C24H24FNO3/c1-16-10-17(2)12-22(11-16)29-15-20-13-19(6-9-23(20)28-3)24(27)26-14-18-4-7-21(25)8-5-18/h4-13H,14-15H2,1-3H3,(H,26,27). The molecule has 3 aromatic carbocycles. The van der Waals surface area contributed by atoms with Crippen LogP contribution in [0.2, 0.25) is 0 Å². The molecule has 5 heteroatoms. The van der Waals surface area contributed by atoms with Gasteiger partial charge in [-0.05, 0) is 73.0 Å². The molecule has 150 valence electrons. The molecule has 0 spiro atoms. The van der Waals surface area contributed by atoms with Gasteiger partial charge < -0.3 is 14.8 Å². The fraction of sp³-hybridized carbons (Fsp3) is 0.208. The van der Waals surface area contributed by atoms with Crippen molar-refractivity contribution in [2.24, 2.45) is 0 Å². The molecule has 1 N–H and O–H groups in total. The van der Waals surface area contributed by atoms with E-state index in [0.717, 1.165) is 28.0 Å². The first kappa shape index (κ1) is 20.4. The van der Waals surface area contributed by atoms with E-state index in [0.29, 0.717) is 17.9 Å². The molecule has 0 saturated carbocycles. The van der Waals surface area contributed by atoms with E-state index in [1.807, 2.05) is 26.0 Å². The number of hydrogen-bond acceptors (Lipinski definition) is 3. The van der Waals surface area contributed by atoms with E-state index in [2.05, 4.69) is 11.4 Å². The van der Waals surface area contributed by atoms with E-state index >= 15 is 0 Å². The van der Waals surface area contributed by atoms with Gasteiger partial charge in [0.1, 0.15) is 23.9 Å². The molecule has 0 fully saturated rings. The van der Waals surface area contributed by atoms with Gasteiger partial charge in [-0.2, -0.15) is 0 Å². The highest BCUT2D eigenvalue weighted by Crippen LogP contribution is 2.23. The van der Waals surface area contributed by atoms with Gasteiger partial charge in [-0.1, -0.05) is 18.2 Å². The number of ether oxygens (including phenoxy) is 2. The van der Waals surface area contributed by atoms with Gasteiger partial charge in [-0.3, -0.25) is 4.79 Å². The molecule has 0 aromatic heterocycles. The van der Waals surface area contributed by atoms with Crippen LogP contribution in [0.1, 0.15) is 32.6 Å². The van der Waals surface area contributed by atoms with Crippen molar-refractivity contribution in [3.8, 4) is 11.5 Å². The van der Waals surface area contributed by atoms with Crippen molar-refractivity contribution in [1.82, 2.24) is 5.32 Å². The maximum atomic E-state index is 13.0. The summed E-state index contributed by atoms with van der Waals surface area (Å²) in [6.45, 7) is 4.64. The minimum atomic E-state index is -0.302. The van der Waals surface area contributed by atoms with Gasteiger partial charge in [0.25, 0.3) is 5.91 Å². The number of carbonyl (C=O) groups excluding carboxylic acids is 1. The number of halogens is 1. The van der Waals surface area contributed by atoms with Gasteiger partial charge in [0.2, 0.25) is 0 Å². The van der Waals surface area contributed by atoms with Gasteiger partial charge in [-0.25, -0.2) is 4.39 Å². The Morgan fingerprint density at radius 3 is 2.31 bits per heavy atom. The molecule has 0 saturated heterocycles. The number of hydrogen-bond donors (Lipinski definition) is 1. The smallest absolute Gasteiger partial charge is 0.251 e. The second-order valence-electron chi connectivity index (χ2n) is 6.95. The molecule has 4 nitrogen and oxygen atoms in total. The highest BCUT2D eigenvalue weighted by atomic mass is 19.1. The van der Waals surface area contributed by atoms with Crippen molar-refractivity contribution >= 4 is 5.91 Å². The summed E-state index contributed by atoms with van der Waals surface area (Å²) in [7, 11) is 1.59. The number of amides is 1. The Labute approximate surface area is 170 Å². The monoisotopic (exact) mass is 393 g/mol. The Kier molecular flexibility index (Phi) is 6.50. The summed E-state index contributed by atoms with van der Waals surface area (Å²) in [6.07, 6.45) is 0. The van der Waals surface area contributed by atoms with Crippen LogP contribution in [0, 0.1) is 19.7 Å². The van der Waals surface area contributed by atoms with Crippen molar-refractivity contribution in [2.45, 2.75) is 27.0 Å². The third-order valence-corrected chi connectivity index (χ3v) is 4.50. The topological polar surface area (TPSA) is 47.6 Å². The summed E-state index contributed by atoms with van der Waals surface area (Å²) in [5.74, 6) is 0.911. The fourth-order valence-corrected chi connectivity index (χ4v) is 3.10. The van der Waals surface area contributed by atoms with E-state index in [1.54, 1.807) is 37.4 Å². The average Bonchev–Trinajstić information content (AvgIpc) is 2.70. The first-order chi connectivity index (χ1) is 13.9.